The number of likely N-dealkylation sites (tertiary alicyclic amines) is 1. The summed E-state index contributed by atoms with van der Waals surface area (Å²) in [6.45, 7) is 0.559. The second-order valence-electron chi connectivity index (χ2n) is 5.65. The van der Waals surface area contributed by atoms with E-state index in [0.717, 1.165) is 0 Å². The van der Waals surface area contributed by atoms with Crippen molar-refractivity contribution in [2.24, 2.45) is 0 Å². The van der Waals surface area contributed by atoms with Crippen LogP contribution >= 0.6 is 0 Å². The molecule has 0 radical (unpaired) electrons. The highest BCUT2D eigenvalue weighted by atomic mass is 19.4. The number of hydrogen-bond acceptors (Lipinski definition) is 2. The number of carbonyl (C=O) groups excluding carboxylic acids is 1. The molecule has 2 rings (SSSR count). The number of alkyl halides is 6. The number of halogens is 6. The van der Waals surface area contributed by atoms with Gasteiger partial charge in [-0.1, -0.05) is 0 Å². The number of hydrogen-bond donors (Lipinski definition) is 1. The second kappa shape index (κ2) is 6.62. The molecule has 0 spiro atoms. The van der Waals surface area contributed by atoms with Crippen molar-refractivity contribution in [3.8, 4) is 0 Å². The molecule has 0 aliphatic carbocycles. The monoisotopic (exact) mass is 354 g/mol. The lowest BCUT2D eigenvalue weighted by Crippen LogP contribution is -2.44. The van der Waals surface area contributed by atoms with Crippen LogP contribution in [0.15, 0.2) is 18.2 Å². The fourth-order valence-corrected chi connectivity index (χ4v) is 2.63. The Kier molecular flexibility index (Phi) is 5.12. The van der Waals surface area contributed by atoms with Crippen molar-refractivity contribution in [2.45, 2.75) is 31.2 Å². The van der Waals surface area contributed by atoms with E-state index in [-0.39, 0.29) is 25.2 Å². The van der Waals surface area contributed by atoms with Gasteiger partial charge in [-0.2, -0.15) is 26.3 Å². The minimum Gasteiger partial charge on any atom is -0.339 e. The lowest BCUT2D eigenvalue weighted by Gasteiger charge is -2.32. The van der Waals surface area contributed by atoms with Crippen molar-refractivity contribution in [3.63, 3.8) is 0 Å². The molecule has 1 aliphatic heterocycles. The Hall–Kier alpha value is -1.77. The molecule has 0 atom stereocenters. The highest BCUT2D eigenvalue weighted by Crippen LogP contribution is 2.36. The Morgan fingerprint density at radius 2 is 1.46 bits per heavy atom. The summed E-state index contributed by atoms with van der Waals surface area (Å²) in [4.78, 5) is 13.6. The zero-order valence-electron chi connectivity index (χ0n) is 12.8. The van der Waals surface area contributed by atoms with Gasteiger partial charge >= 0.3 is 12.4 Å². The van der Waals surface area contributed by atoms with Crippen molar-refractivity contribution < 1.29 is 31.1 Å². The fraction of sp³-hybridized carbons (Fsp3) is 0.533. The van der Waals surface area contributed by atoms with Gasteiger partial charge in [0.1, 0.15) is 0 Å². The number of piperidine rings is 1. The summed E-state index contributed by atoms with van der Waals surface area (Å²) in [5, 5.41) is 3.03. The van der Waals surface area contributed by atoms with Crippen molar-refractivity contribution in [3.05, 3.63) is 34.9 Å². The predicted octanol–water partition coefficient (Wildman–Crippen LogP) is 3.55. The second-order valence-corrected chi connectivity index (χ2v) is 5.65. The molecule has 1 saturated heterocycles. The first-order valence-corrected chi connectivity index (χ1v) is 7.28. The van der Waals surface area contributed by atoms with E-state index in [9.17, 15) is 31.1 Å². The van der Waals surface area contributed by atoms with E-state index < -0.39 is 35.0 Å². The minimum atomic E-state index is -4.96. The lowest BCUT2D eigenvalue weighted by molar-refractivity contribution is -0.143. The van der Waals surface area contributed by atoms with Gasteiger partial charge in [0.15, 0.2) is 0 Å². The van der Waals surface area contributed by atoms with Crippen LogP contribution in [0.5, 0.6) is 0 Å². The van der Waals surface area contributed by atoms with Crippen molar-refractivity contribution in [1.82, 2.24) is 10.2 Å². The fourth-order valence-electron chi connectivity index (χ4n) is 2.63. The lowest BCUT2D eigenvalue weighted by atomic mass is 10.0. The molecule has 3 nitrogen and oxygen atoms in total. The minimum absolute atomic E-state index is 0.0179. The van der Waals surface area contributed by atoms with E-state index in [1.54, 1.807) is 7.05 Å². The van der Waals surface area contributed by atoms with Crippen LogP contribution in [0.25, 0.3) is 0 Å². The zero-order valence-corrected chi connectivity index (χ0v) is 12.8. The molecule has 1 N–H and O–H groups in total. The quantitative estimate of drug-likeness (QED) is 0.824. The summed E-state index contributed by atoms with van der Waals surface area (Å²) in [5.41, 5.74) is -3.56. The van der Waals surface area contributed by atoms with Gasteiger partial charge in [-0.3, -0.25) is 4.79 Å². The third-order valence-electron chi connectivity index (χ3n) is 4.03. The van der Waals surface area contributed by atoms with Crippen LogP contribution in [-0.4, -0.2) is 37.0 Å². The third-order valence-corrected chi connectivity index (χ3v) is 4.03. The molecule has 1 aromatic carbocycles. The Labute approximate surface area is 134 Å². The third kappa shape index (κ3) is 4.19. The molecule has 9 heteroatoms. The Bertz CT molecular complexity index is 571. The molecule has 0 aromatic heterocycles. The van der Waals surface area contributed by atoms with Crippen molar-refractivity contribution in [2.75, 3.05) is 20.1 Å². The van der Waals surface area contributed by atoms with Gasteiger partial charge in [-0.25, -0.2) is 0 Å². The number of rotatable bonds is 2. The normalized spacial score (nSPS) is 17.2. The van der Waals surface area contributed by atoms with E-state index in [2.05, 4.69) is 5.32 Å². The summed E-state index contributed by atoms with van der Waals surface area (Å²) in [5.74, 6) is -0.818. The molecule has 0 saturated carbocycles. The van der Waals surface area contributed by atoms with E-state index in [1.807, 2.05) is 0 Å². The summed E-state index contributed by atoms with van der Waals surface area (Å²) in [7, 11) is 1.75. The van der Waals surface area contributed by atoms with Crippen LogP contribution in [0.4, 0.5) is 26.3 Å². The molecule has 0 unspecified atom stereocenters. The maximum absolute atomic E-state index is 12.8. The maximum Gasteiger partial charge on any atom is 0.416 e. The first-order chi connectivity index (χ1) is 11.0. The van der Waals surface area contributed by atoms with E-state index in [1.165, 1.54) is 4.90 Å². The molecule has 1 aliphatic rings. The van der Waals surface area contributed by atoms with Gasteiger partial charge in [0.25, 0.3) is 5.91 Å². The maximum atomic E-state index is 12.8. The first-order valence-electron chi connectivity index (χ1n) is 7.28. The van der Waals surface area contributed by atoms with Crippen LogP contribution in [0.3, 0.4) is 0 Å². The number of nitrogens with one attached hydrogen (secondary N) is 1. The average molecular weight is 354 g/mol. The summed E-state index contributed by atoms with van der Waals surface area (Å²) < 4.78 is 77.0. The molecular weight excluding hydrogens is 338 g/mol. The van der Waals surface area contributed by atoms with Crippen molar-refractivity contribution in [1.29, 1.82) is 0 Å². The molecular formula is C15H16F6N2O. The highest BCUT2D eigenvalue weighted by molar-refractivity contribution is 5.94. The summed E-state index contributed by atoms with van der Waals surface area (Å²) in [6.07, 6.45) is -8.74. The standard InChI is InChI=1S/C15H16F6N2O/c1-22-12-2-4-23(5-3-12)13(24)9-6-10(14(16,17)18)8-11(7-9)15(19,20)21/h6-8,12,22H,2-5H2,1H3. The van der Waals surface area contributed by atoms with E-state index >= 15 is 0 Å². The molecule has 1 heterocycles. The molecule has 1 amide bonds. The summed E-state index contributed by atoms with van der Waals surface area (Å²) >= 11 is 0. The van der Waals surface area contributed by atoms with Gasteiger partial charge in [-0.05, 0) is 38.1 Å². The van der Waals surface area contributed by atoms with E-state index in [0.29, 0.717) is 25.0 Å². The largest absolute Gasteiger partial charge is 0.416 e. The smallest absolute Gasteiger partial charge is 0.339 e. The van der Waals surface area contributed by atoms with Crippen LogP contribution in [-0.2, 0) is 12.4 Å². The van der Waals surface area contributed by atoms with E-state index in [4.69, 9.17) is 0 Å². The molecule has 134 valence electrons. The molecule has 1 fully saturated rings. The van der Waals surface area contributed by atoms with Gasteiger partial charge in [0.2, 0.25) is 0 Å². The molecule has 1 aromatic rings. The predicted molar refractivity (Wildman–Crippen MR) is 74.4 cm³/mol. The van der Waals surface area contributed by atoms with Crippen molar-refractivity contribution >= 4 is 5.91 Å². The van der Waals surface area contributed by atoms with Gasteiger partial charge < -0.3 is 10.2 Å². The number of benzene rings is 1. The van der Waals surface area contributed by atoms with Gasteiger partial charge in [-0.15, -0.1) is 0 Å². The topological polar surface area (TPSA) is 32.3 Å². The van der Waals surface area contributed by atoms with Crippen LogP contribution in [0.1, 0.15) is 34.3 Å². The number of amides is 1. The first kappa shape index (κ1) is 18.6. The van der Waals surface area contributed by atoms with Gasteiger partial charge in [0.05, 0.1) is 11.1 Å². The van der Waals surface area contributed by atoms with Crippen LogP contribution in [0, 0.1) is 0 Å². The van der Waals surface area contributed by atoms with Gasteiger partial charge in [0, 0.05) is 24.7 Å². The molecule has 24 heavy (non-hydrogen) atoms. The number of carbonyl (C=O) groups is 1. The number of nitrogens with zero attached hydrogens (tertiary/aromatic N) is 1. The summed E-state index contributed by atoms with van der Waals surface area (Å²) in [6, 6.07) is 1.15. The van der Waals surface area contributed by atoms with Crippen LogP contribution in [0.2, 0.25) is 0 Å². The zero-order chi connectivity index (χ0) is 18.1. The SMILES string of the molecule is CNC1CCN(C(=O)c2cc(C(F)(F)F)cc(C(F)(F)F)c2)CC1. The Morgan fingerprint density at radius 1 is 1.00 bits per heavy atom. The average Bonchev–Trinajstić information content (AvgIpc) is 2.52. The Morgan fingerprint density at radius 3 is 1.83 bits per heavy atom. The van der Waals surface area contributed by atoms with Crippen LogP contribution < -0.4 is 5.32 Å². The highest BCUT2D eigenvalue weighted by Gasteiger charge is 2.38. The molecule has 0 bridgehead atoms. The Balaban J connectivity index is 2.33.